The van der Waals surface area contributed by atoms with Crippen LogP contribution >= 0.6 is 7.82 Å². The fraction of sp³-hybridized carbons (Fsp3) is 0.882. The lowest BCUT2D eigenvalue weighted by Gasteiger charge is -2.35. The Morgan fingerprint density at radius 3 is 2.00 bits per heavy atom. The standard InChI is InChI=1S/C17H34NO8P/c1-8-17(4,13-16(2,3)14(19)20)15(21)24-11-12-26-27(22,23)25-10-9-18(5,6)7/h8-13H2,1-7H3,(H-,19,20,22,23)/p-1. The van der Waals surface area contributed by atoms with Crippen LogP contribution in [0.2, 0.25) is 0 Å². The Morgan fingerprint density at radius 1 is 1.04 bits per heavy atom. The number of phosphoric ester groups is 1. The summed E-state index contributed by atoms with van der Waals surface area (Å²) in [5.41, 5.74) is -2.24. The van der Waals surface area contributed by atoms with Crippen LogP contribution < -0.4 is 10.00 Å². The molecule has 0 bridgehead atoms. The Morgan fingerprint density at radius 2 is 1.56 bits per heavy atom. The molecule has 0 heterocycles. The van der Waals surface area contributed by atoms with Gasteiger partial charge in [-0.05, 0) is 19.8 Å². The predicted molar refractivity (Wildman–Crippen MR) is 95.2 cm³/mol. The van der Waals surface area contributed by atoms with E-state index >= 15 is 0 Å². The van der Waals surface area contributed by atoms with E-state index in [2.05, 4.69) is 4.52 Å². The molecule has 0 aliphatic rings. The van der Waals surface area contributed by atoms with Crippen LogP contribution in [0.1, 0.15) is 40.5 Å². The van der Waals surface area contributed by atoms with Gasteiger partial charge in [-0.2, -0.15) is 0 Å². The molecule has 0 saturated heterocycles. The van der Waals surface area contributed by atoms with Crippen LogP contribution in [-0.4, -0.2) is 63.9 Å². The van der Waals surface area contributed by atoms with Crippen molar-refractivity contribution in [3.05, 3.63) is 0 Å². The first-order chi connectivity index (χ1) is 12.0. The predicted octanol–water partition coefficient (Wildman–Crippen LogP) is 0.320. The molecular weight excluding hydrogens is 377 g/mol. The molecule has 160 valence electrons. The van der Waals surface area contributed by atoms with Crippen molar-refractivity contribution in [1.82, 2.24) is 0 Å². The quantitative estimate of drug-likeness (QED) is 0.184. The maximum Gasteiger partial charge on any atom is 0.311 e. The summed E-state index contributed by atoms with van der Waals surface area (Å²) in [5, 5.41) is 11.2. The number of aliphatic carboxylic acids is 1. The Bertz CT molecular complexity index is 558. The van der Waals surface area contributed by atoms with E-state index in [0.717, 1.165) is 0 Å². The minimum atomic E-state index is -4.47. The topological polar surface area (TPSA) is 125 Å². The molecule has 10 heteroatoms. The number of likely N-dealkylation sites (N-methyl/N-ethyl adjacent to an activating group) is 1. The van der Waals surface area contributed by atoms with Gasteiger partial charge in [0.25, 0.3) is 7.82 Å². The molecule has 9 nitrogen and oxygen atoms in total. The van der Waals surface area contributed by atoms with Gasteiger partial charge in [-0.1, -0.05) is 20.8 Å². The molecule has 0 rings (SSSR count). The zero-order valence-electron chi connectivity index (χ0n) is 17.4. The molecule has 2 unspecified atom stereocenters. The summed E-state index contributed by atoms with van der Waals surface area (Å²) >= 11 is 0. The lowest BCUT2D eigenvalue weighted by molar-refractivity contribution is -0.870. The number of ether oxygens (including phenoxy) is 1. The normalized spacial score (nSPS) is 17.0. The highest BCUT2D eigenvalue weighted by Gasteiger charge is 2.39. The second-order valence-electron chi connectivity index (χ2n) is 8.53. The fourth-order valence-corrected chi connectivity index (χ4v) is 2.99. The van der Waals surface area contributed by atoms with Gasteiger partial charge >= 0.3 is 5.97 Å². The molecule has 0 spiro atoms. The second-order valence-corrected chi connectivity index (χ2v) is 9.94. The van der Waals surface area contributed by atoms with Gasteiger partial charge in [0.2, 0.25) is 0 Å². The van der Waals surface area contributed by atoms with Crippen molar-refractivity contribution in [3.63, 3.8) is 0 Å². The fourth-order valence-electron chi connectivity index (χ4n) is 2.31. The van der Waals surface area contributed by atoms with Crippen molar-refractivity contribution in [2.45, 2.75) is 40.5 Å². The molecule has 0 fully saturated rings. The zero-order chi connectivity index (χ0) is 21.5. The first kappa shape index (κ1) is 26.0. The Labute approximate surface area is 161 Å². The van der Waals surface area contributed by atoms with Gasteiger partial charge in [0.05, 0.1) is 33.2 Å². The minimum absolute atomic E-state index is 0.0176. The molecular formula is C17H33NO8P-. The monoisotopic (exact) mass is 410 g/mol. The summed E-state index contributed by atoms with van der Waals surface area (Å²) in [6.45, 7) is 6.11. The van der Waals surface area contributed by atoms with Gasteiger partial charge in [0.15, 0.2) is 0 Å². The van der Waals surface area contributed by atoms with Crippen molar-refractivity contribution in [2.24, 2.45) is 10.8 Å². The molecule has 0 saturated carbocycles. The minimum Gasteiger partial charge on any atom is -0.756 e. The third-order valence-corrected chi connectivity index (χ3v) is 5.23. The summed E-state index contributed by atoms with van der Waals surface area (Å²) in [6.07, 6.45) is 0.393. The molecule has 0 aromatic heterocycles. The number of carboxylic acids is 1. The lowest BCUT2D eigenvalue weighted by Crippen LogP contribution is -2.44. The summed E-state index contributed by atoms with van der Waals surface area (Å²) in [6, 6.07) is 0. The summed E-state index contributed by atoms with van der Waals surface area (Å²) < 4.78 is 26.7. The van der Waals surface area contributed by atoms with Crippen LogP contribution in [0.4, 0.5) is 0 Å². The van der Waals surface area contributed by atoms with Crippen molar-refractivity contribution in [2.75, 3.05) is 47.5 Å². The van der Waals surface area contributed by atoms with Gasteiger partial charge in [-0.3, -0.25) is 9.36 Å². The molecule has 0 aromatic rings. The molecule has 2 atom stereocenters. The van der Waals surface area contributed by atoms with Gasteiger partial charge in [0, 0.05) is 11.4 Å². The first-order valence-corrected chi connectivity index (χ1v) is 10.3. The number of carbonyl (C=O) groups is 2. The highest BCUT2D eigenvalue weighted by Crippen LogP contribution is 2.39. The van der Waals surface area contributed by atoms with Crippen LogP contribution in [0.5, 0.6) is 0 Å². The zero-order valence-corrected chi connectivity index (χ0v) is 18.3. The molecule has 0 radical (unpaired) electrons. The van der Waals surface area contributed by atoms with E-state index in [9.17, 15) is 24.2 Å². The largest absolute Gasteiger partial charge is 0.756 e. The smallest absolute Gasteiger partial charge is 0.311 e. The van der Waals surface area contributed by atoms with E-state index in [1.807, 2.05) is 21.1 Å². The van der Waals surface area contributed by atoms with Crippen molar-refractivity contribution in [3.8, 4) is 0 Å². The van der Waals surface area contributed by atoms with Crippen molar-refractivity contribution >= 4 is 19.8 Å². The number of carboxylic acid groups (broad SMARTS) is 1. The number of hydrogen-bond acceptors (Lipinski definition) is 8. The van der Waals surface area contributed by atoms with E-state index in [4.69, 9.17) is 9.26 Å². The Balaban J connectivity index is 4.48. The average Bonchev–Trinajstić information content (AvgIpc) is 2.49. The highest BCUT2D eigenvalue weighted by atomic mass is 31.2. The molecule has 0 amide bonds. The van der Waals surface area contributed by atoms with Crippen LogP contribution in [0.25, 0.3) is 0 Å². The highest BCUT2D eigenvalue weighted by molar-refractivity contribution is 7.45. The van der Waals surface area contributed by atoms with Gasteiger partial charge in [-0.15, -0.1) is 0 Å². The first-order valence-electron chi connectivity index (χ1n) is 8.84. The van der Waals surface area contributed by atoms with Crippen LogP contribution in [0, 0.1) is 10.8 Å². The molecule has 0 N–H and O–H groups in total. The van der Waals surface area contributed by atoms with Gasteiger partial charge in [0.1, 0.15) is 19.8 Å². The number of esters is 1. The van der Waals surface area contributed by atoms with Crippen LogP contribution in [-0.2, 0) is 27.9 Å². The van der Waals surface area contributed by atoms with Gasteiger partial charge < -0.3 is 33.1 Å². The number of carbonyl (C=O) groups excluding carboxylic acids is 2. The SMILES string of the molecule is CCC(C)(CC(C)(C)C(=O)[O-])C(=O)OCCOP(=O)([O-])OCC[N+](C)(C)C. The van der Waals surface area contributed by atoms with Crippen molar-refractivity contribution < 1.29 is 42.4 Å². The molecule has 27 heavy (non-hydrogen) atoms. The summed E-state index contributed by atoms with van der Waals surface area (Å²) in [4.78, 5) is 35.2. The second kappa shape index (κ2) is 9.98. The van der Waals surface area contributed by atoms with Crippen molar-refractivity contribution in [1.29, 1.82) is 0 Å². The maximum atomic E-state index is 12.3. The molecule has 0 aromatic carbocycles. The van der Waals surface area contributed by atoms with E-state index in [-0.39, 0.29) is 26.2 Å². The average molecular weight is 410 g/mol. The Kier molecular flexibility index (Phi) is 9.61. The van der Waals surface area contributed by atoms with E-state index < -0.39 is 30.6 Å². The lowest BCUT2D eigenvalue weighted by atomic mass is 9.72. The number of nitrogens with zero attached hydrogens (tertiary/aromatic N) is 1. The maximum absolute atomic E-state index is 12.3. The number of rotatable bonds is 13. The summed E-state index contributed by atoms with van der Waals surface area (Å²) in [7, 11) is 1.21. The summed E-state index contributed by atoms with van der Waals surface area (Å²) in [5.74, 6) is -1.87. The van der Waals surface area contributed by atoms with E-state index in [1.165, 1.54) is 13.8 Å². The van der Waals surface area contributed by atoms with Crippen LogP contribution in [0.3, 0.4) is 0 Å². The third kappa shape index (κ3) is 10.2. The third-order valence-electron chi connectivity index (χ3n) is 4.24. The number of quaternary nitrogens is 1. The van der Waals surface area contributed by atoms with Crippen LogP contribution in [0.15, 0.2) is 0 Å². The Hall–Kier alpha value is -0.990. The van der Waals surface area contributed by atoms with E-state index in [0.29, 0.717) is 17.4 Å². The van der Waals surface area contributed by atoms with E-state index in [1.54, 1.807) is 13.8 Å². The van der Waals surface area contributed by atoms with Gasteiger partial charge in [-0.25, -0.2) is 0 Å². The number of phosphoric acid groups is 1. The number of hydrogen-bond donors (Lipinski definition) is 0. The molecule has 0 aliphatic carbocycles. The molecule has 0 aliphatic heterocycles.